The zero-order chi connectivity index (χ0) is 14.5. The third-order valence-electron chi connectivity index (χ3n) is 3.19. The molecule has 116 valence electrons. The van der Waals surface area contributed by atoms with E-state index in [4.69, 9.17) is 5.73 Å². The Bertz CT molecular complexity index is 375. The topological polar surface area (TPSA) is 29.3 Å². The Kier molecular flexibility index (Phi) is 7.98. The van der Waals surface area contributed by atoms with E-state index in [-0.39, 0.29) is 18.8 Å². The summed E-state index contributed by atoms with van der Waals surface area (Å²) < 4.78 is 36.4. The monoisotopic (exact) mass is 310 g/mol. The molecule has 2 N–H and O–H groups in total. The predicted octanol–water partition coefficient (Wildman–Crippen LogP) is 4.30. The van der Waals surface area contributed by atoms with Crippen molar-refractivity contribution in [1.29, 1.82) is 0 Å². The predicted molar refractivity (Wildman–Crippen MR) is 79.5 cm³/mol. The smallest absolute Gasteiger partial charge is 0.372 e. The minimum atomic E-state index is -4.14. The van der Waals surface area contributed by atoms with Crippen molar-refractivity contribution in [3.63, 3.8) is 0 Å². The number of nitrogens with two attached hydrogens (primary N) is 1. The summed E-state index contributed by atoms with van der Waals surface area (Å²) >= 11 is 0. The van der Waals surface area contributed by atoms with Gasteiger partial charge in [0, 0.05) is 31.2 Å². The molecular weight excluding hydrogens is 289 g/mol. The molecule has 0 spiro atoms. The van der Waals surface area contributed by atoms with Crippen LogP contribution < -0.4 is 10.6 Å². The second-order valence-electron chi connectivity index (χ2n) is 4.52. The van der Waals surface area contributed by atoms with Gasteiger partial charge in [-0.05, 0) is 38.0 Å². The van der Waals surface area contributed by atoms with Crippen molar-refractivity contribution >= 4 is 18.1 Å². The molecule has 0 aliphatic rings. The molecule has 0 unspecified atom stereocenters. The number of rotatable bonds is 6. The van der Waals surface area contributed by atoms with Crippen LogP contribution in [0.15, 0.2) is 24.3 Å². The van der Waals surface area contributed by atoms with Gasteiger partial charge in [-0.1, -0.05) is 12.1 Å². The van der Waals surface area contributed by atoms with Gasteiger partial charge in [0.1, 0.15) is 0 Å². The van der Waals surface area contributed by atoms with Gasteiger partial charge in [-0.3, -0.25) is 0 Å². The summed E-state index contributed by atoms with van der Waals surface area (Å²) in [4.78, 5) is 2.17. The summed E-state index contributed by atoms with van der Waals surface area (Å²) in [5, 5.41) is 0. The lowest BCUT2D eigenvalue weighted by atomic mass is 10.0. The third-order valence-corrected chi connectivity index (χ3v) is 3.19. The van der Waals surface area contributed by atoms with E-state index in [9.17, 15) is 13.2 Å². The second kappa shape index (κ2) is 8.37. The van der Waals surface area contributed by atoms with Crippen molar-refractivity contribution in [1.82, 2.24) is 0 Å². The van der Waals surface area contributed by atoms with Crippen molar-refractivity contribution in [3.05, 3.63) is 29.8 Å². The van der Waals surface area contributed by atoms with Crippen molar-refractivity contribution in [3.8, 4) is 0 Å². The van der Waals surface area contributed by atoms with Crippen LogP contribution in [-0.4, -0.2) is 19.3 Å². The number of hydrogen-bond acceptors (Lipinski definition) is 2. The first kappa shape index (κ1) is 19.1. The lowest BCUT2D eigenvalue weighted by Crippen LogP contribution is -2.22. The molecule has 0 aliphatic heterocycles. The molecule has 1 aromatic carbocycles. The first-order valence-electron chi connectivity index (χ1n) is 6.54. The molecule has 0 amide bonds. The Morgan fingerprint density at radius 2 is 1.60 bits per heavy atom. The summed E-state index contributed by atoms with van der Waals surface area (Å²) in [5.41, 5.74) is 7.60. The Labute approximate surface area is 124 Å². The Morgan fingerprint density at radius 3 is 2.00 bits per heavy atom. The van der Waals surface area contributed by atoms with Crippen molar-refractivity contribution in [2.75, 3.05) is 18.0 Å². The highest BCUT2D eigenvalue weighted by molar-refractivity contribution is 5.85. The SMILES string of the molecule is CCN(CC)c1ccc([C@@H](N)CCC(F)(F)F)cc1.Cl. The average molecular weight is 311 g/mol. The second-order valence-corrected chi connectivity index (χ2v) is 4.52. The summed E-state index contributed by atoms with van der Waals surface area (Å²) in [6.45, 7) is 5.92. The Morgan fingerprint density at radius 1 is 1.10 bits per heavy atom. The molecule has 1 rings (SSSR count). The number of halogens is 4. The number of alkyl halides is 3. The first-order valence-corrected chi connectivity index (χ1v) is 6.54. The molecule has 0 aliphatic carbocycles. The van der Waals surface area contributed by atoms with Gasteiger partial charge in [0.25, 0.3) is 0 Å². The van der Waals surface area contributed by atoms with Crippen LogP contribution in [0.5, 0.6) is 0 Å². The molecule has 1 aromatic rings. The van der Waals surface area contributed by atoms with Gasteiger partial charge in [0.05, 0.1) is 0 Å². The van der Waals surface area contributed by atoms with E-state index in [1.165, 1.54) is 0 Å². The van der Waals surface area contributed by atoms with Gasteiger partial charge >= 0.3 is 6.18 Å². The zero-order valence-electron chi connectivity index (χ0n) is 11.8. The molecule has 0 heterocycles. The molecule has 0 saturated heterocycles. The molecule has 6 heteroatoms. The number of nitrogens with zero attached hydrogens (tertiary/aromatic N) is 1. The van der Waals surface area contributed by atoms with E-state index in [0.29, 0.717) is 0 Å². The summed E-state index contributed by atoms with van der Waals surface area (Å²) in [7, 11) is 0. The highest BCUT2D eigenvalue weighted by Crippen LogP contribution is 2.27. The van der Waals surface area contributed by atoms with Gasteiger partial charge in [0.2, 0.25) is 0 Å². The van der Waals surface area contributed by atoms with Gasteiger partial charge in [-0.15, -0.1) is 12.4 Å². The van der Waals surface area contributed by atoms with Crippen LogP contribution in [0, 0.1) is 0 Å². The first-order chi connectivity index (χ1) is 8.87. The van der Waals surface area contributed by atoms with Gasteiger partial charge in [-0.25, -0.2) is 0 Å². The zero-order valence-corrected chi connectivity index (χ0v) is 12.6. The van der Waals surface area contributed by atoms with E-state index >= 15 is 0 Å². The molecule has 0 fully saturated rings. The lowest BCUT2D eigenvalue weighted by Gasteiger charge is -2.22. The fraction of sp³-hybridized carbons (Fsp3) is 0.571. The van der Waals surface area contributed by atoms with Crippen molar-refractivity contribution < 1.29 is 13.2 Å². The molecule has 0 aromatic heterocycles. The van der Waals surface area contributed by atoms with Crippen molar-refractivity contribution in [2.24, 2.45) is 5.73 Å². The lowest BCUT2D eigenvalue weighted by molar-refractivity contribution is -0.136. The number of hydrogen-bond donors (Lipinski definition) is 1. The average Bonchev–Trinajstić information content (AvgIpc) is 2.37. The van der Waals surface area contributed by atoms with E-state index in [1.54, 1.807) is 0 Å². The van der Waals surface area contributed by atoms with Crippen LogP contribution in [0.3, 0.4) is 0 Å². The summed E-state index contributed by atoms with van der Waals surface area (Å²) in [6.07, 6.45) is -5.06. The maximum absolute atomic E-state index is 12.1. The van der Waals surface area contributed by atoms with Crippen LogP contribution in [0.1, 0.15) is 38.3 Å². The Hall–Kier alpha value is -0.940. The van der Waals surface area contributed by atoms with E-state index in [1.807, 2.05) is 24.3 Å². The number of benzene rings is 1. The maximum Gasteiger partial charge on any atom is 0.389 e. The Balaban J connectivity index is 0.00000361. The highest BCUT2D eigenvalue weighted by atomic mass is 35.5. The molecule has 1 atom stereocenters. The molecule has 0 saturated carbocycles. The highest BCUT2D eigenvalue weighted by Gasteiger charge is 2.27. The molecule has 0 radical (unpaired) electrons. The van der Waals surface area contributed by atoms with Gasteiger partial charge < -0.3 is 10.6 Å². The fourth-order valence-corrected chi connectivity index (χ4v) is 2.01. The van der Waals surface area contributed by atoms with E-state index in [2.05, 4.69) is 18.7 Å². The maximum atomic E-state index is 12.1. The molecule has 0 bridgehead atoms. The molecule has 2 nitrogen and oxygen atoms in total. The van der Waals surface area contributed by atoms with Crippen molar-refractivity contribution in [2.45, 2.75) is 38.9 Å². The van der Waals surface area contributed by atoms with Gasteiger partial charge in [-0.2, -0.15) is 13.2 Å². The fourth-order valence-electron chi connectivity index (χ4n) is 2.01. The van der Waals surface area contributed by atoms with Crippen LogP contribution >= 0.6 is 12.4 Å². The molecule has 20 heavy (non-hydrogen) atoms. The van der Waals surface area contributed by atoms with Crippen LogP contribution in [0.25, 0.3) is 0 Å². The molecular formula is C14H22ClF3N2. The van der Waals surface area contributed by atoms with Crippen LogP contribution in [0.2, 0.25) is 0 Å². The third kappa shape index (κ3) is 6.01. The summed E-state index contributed by atoms with van der Waals surface area (Å²) in [5.74, 6) is 0. The quantitative estimate of drug-likeness (QED) is 0.849. The number of anilines is 1. The summed E-state index contributed by atoms with van der Waals surface area (Å²) in [6, 6.07) is 6.89. The van der Waals surface area contributed by atoms with Crippen LogP contribution in [-0.2, 0) is 0 Å². The minimum Gasteiger partial charge on any atom is -0.372 e. The van der Waals surface area contributed by atoms with Gasteiger partial charge in [0.15, 0.2) is 0 Å². The van der Waals surface area contributed by atoms with Crippen LogP contribution in [0.4, 0.5) is 18.9 Å². The standard InChI is InChI=1S/C14H21F3N2.ClH/c1-3-19(4-2)12-7-5-11(6-8-12)13(18)9-10-14(15,16)17;/h5-8,13H,3-4,9-10,18H2,1-2H3;1H/t13-;/m0./s1. The minimum absolute atomic E-state index is 0. The van der Waals surface area contributed by atoms with E-state index in [0.717, 1.165) is 24.3 Å². The largest absolute Gasteiger partial charge is 0.389 e. The van der Waals surface area contributed by atoms with E-state index < -0.39 is 18.6 Å². The normalized spacial score (nSPS) is 12.7.